The summed E-state index contributed by atoms with van der Waals surface area (Å²) >= 11 is 0. The zero-order valence-corrected chi connectivity index (χ0v) is 16.0. The Labute approximate surface area is 167 Å². The highest BCUT2D eigenvalue weighted by atomic mass is 19.4. The number of nitrogens with zero attached hydrogens (tertiary/aromatic N) is 1. The normalized spacial score (nSPS) is 19.4. The average Bonchev–Trinajstić information content (AvgIpc) is 2.68. The molecule has 1 aliphatic carbocycles. The Morgan fingerprint density at radius 1 is 1.17 bits per heavy atom. The van der Waals surface area contributed by atoms with Gasteiger partial charge in [-0.05, 0) is 56.4 Å². The SMILES string of the molecule is Cc1cccc(OCC(=O)NC2CCC(Oc3ccc(C(F)(F)F)cn3)CC2)c1. The molecule has 1 saturated carbocycles. The molecule has 0 atom stereocenters. The molecular formula is C21H23F3N2O3. The molecule has 2 aromatic rings. The van der Waals surface area contributed by atoms with Crippen LogP contribution in [0, 0.1) is 6.92 Å². The summed E-state index contributed by atoms with van der Waals surface area (Å²) in [6.45, 7) is 1.91. The van der Waals surface area contributed by atoms with Gasteiger partial charge in [0.05, 0.1) is 5.56 Å². The molecule has 1 aliphatic rings. The van der Waals surface area contributed by atoms with E-state index < -0.39 is 11.7 Å². The number of benzene rings is 1. The highest BCUT2D eigenvalue weighted by Gasteiger charge is 2.31. The second-order valence-corrected chi connectivity index (χ2v) is 7.15. The number of ether oxygens (including phenoxy) is 2. The molecule has 29 heavy (non-hydrogen) atoms. The van der Waals surface area contributed by atoms with Crippen molar-refractivity contribution in [3.05, 3.63) is 53.7 Å². The number of rotatable bonds is 6. The fraction of sp³-hybridized carbons (Fsp3) is 0.429. The van der Waals surface area contributed by atoms with Crippen LogP contribution in [-0.2, 0) is 11.0 Å². The summed E-state index contributed by atoms with van der Waals surface area (Å²) in [5.41, 5.74) is 0.257. The molecule has 156 valence electrons. The molecule has 1 aromatic carbocycles. The molecule has 0 unspecified atom stereocenters. The lowest BCUT2D eigenvalue weighted by Crippen LogP contribution is -2.41. The summed E-state index contributed by atoms with van der Waals surface area (Å²) in [6, 6.07) is 9.72. The van der Waals surface area contributed by atoms with Crippen molar-refractivity contribution in [3.63, 3.8) is 0 Å². The van der Waals surface area contributed by atoms with E-state index in [1.807, 2.05) is 25.1 Å². The number of aromatic nitrogens is 1. The van der Waals surface area contributed by atoms with Gasteiger partial charge in [0.25, 0.3) is 5.91 Å². The van der Waals surface area contributed by atoms with Gasteiger partial charge in [-0.3, -0.25) is 4.79 Å². The average molecular weight is 408 g/mol. The monoisotopic (exact) mass is 408 g/mol. The second-order valence-electron chi connectivity index (χ2n) is 7.15. The highest BCUT2D eigenvalue weighted by molar-refractivity contribution is 5.77. The first-order chi connectivity index (χ1) is 13.8. The topological polar surface area (TPSA) is 60.5 Å². The molecule has 3 rings (SSSR count). The van der Waals surface area contributed by atoms with Crippen LogP contribution in [0.1, 0.15) is 36.8 Å². The molecule has 0 spiro atoms. The lowest BCUT2D eigenvalue weighted by atomic mass is 9.93. The van der Waals surface area contributed by atoms with Gasteiger partial charge in [-0.25, -0.2) is 4.98 Å². The third kappa shape index (κ3) is 6.37. The van der Waals surface area contributed by atoms with Crippen molar-refractivity contribution in [2.45, 2.75) is 50.9 Å². The molecule has 1 heterocycles. The van der Waals surface area contributed by atoms with Gasteiger partial charge in [0.2, 0.25) is 5.88 Å². The minimum absolute atomic E-state index is 0.0315. The Hall–Kier alpha value is -2.77. The molecule has 1 amide bonds. The zero-order chi connectivity index (χ0) is 20.9. The van der Waals surface area contributed by atoms with Crippen LogP contribution in [0.25, 0.3) is 0 Å². The number of halogens is 3. The second kappa shape index (κ2) is 9.15. The largest absolute Gasteiger partial charge is 0.484 e. The predicted octanol–water partition coefficient (Wildman–Crippen LogP) is 4.29. The Balaban J connectivity index is 1.39. The van der Waals surface area contributed by atoms with Gasteiger partial charge < -0.3 is 14.8 Å². The van der Waals surface area contributed by atoms with E-state index in [9.17, 15) is 18.0 Å². The minimum Gasteiger partial charge on any atom is -0.484 e. The molecule has 0 saturated heterocycles. The number of alkyl halides is 3. The van der Waals surface area contributed by atoms with Crippen LogP contribution < -0.4 is 14.8 Å². The maximum absolute atomic E-state index is 12.6. The van der Waals surface area contributed by atoms with Gasteiger partial charge in [-0.15, -0.1) is 0 Å². The maximum atomic E-state index is 12.6. The third-order valence-corrected chi connectivity index (χ3v) is 4.75. The number of carbonyl (C=O) groups excluding carboxylic acids is 1. The third-order valence-electron chi connectivity index (χ3n) is 4.75. The lowest BCUT2D eigenvalue weighted by Gasteiger charge is -2.29. The summed E-state index contributed by atoms with van der Waals surface area (Å²) in [4.78, 5) is 15.8. The van der Waals surface area contributed by atoms with Gasteiger partial charge >= 0.3 is 6.18 Å². The van der Waals surface area contributed by atoms with Crippen LogP contribution in [0.5, 0.6) is 11.6 Å². The predicted molar refractivity (Wildman–Crippen MR) is 101 cm³/mol. The quantitative estimate of drug-likeness (QED) is 0.775. The van der Waals surface area contributed by atoms with Gasteiger partial charge in [0, 0.05) is 18.3 Å². The molecule has 0 aliphatic heterocycles. The van der Waals surface area contributed by atoms with Gasteiger partial charge in [-0.2, -0.15) is 13.2 Å². The maximum Gasteiger partial charge on any atom is 0.417 e. The van der Waals surface area contributed by atoms with Crippen molar-refractivity contribution in [2.24, 2.45) is 0 Å². The first-order valence-corrected chi connectivity index (χ1v) is 9.48. The zero-order valence-electron chi connectivity index (χ0n) is 16.0. The van der Waals surface area contributed by atoms with Crippen LogP contribution in [0.15, 0.2) is 42.6 Å². The fourth-order valence-corrected chi connectivity index (χ4v) is 3.24. The first-order valence-electron chi connectivity index (χ1n) is 9.48. The van der Waals surface area contributed by atoms with Crippen molar-refractivity contribution >= 4 is 5.91 Å². The van der Waals surface area contributed by atoms with E-state index in [1.54, 1.807) is 6.07 Å². The molecule has 0 bridgehead atoms. The van der Waals surface area contributed by atoms with E-state index in [0.717, 1.165) is 30.7 Å². The van der Waals surface area contributed by atoms with Crippen molar-refractivity contribution in [2.75, 3.05) is 6.61 Å². The van der Waals surface area contributed by atoms with Gasteiger partial charge in [0.15, 0.2) is 6.61 Å². The van der Waals surface area contributed by atoms with Gasteiger partial charge in [0.1, 0.15) is 11.9 Å². The number of amides is 1. The number of hydrogen-bond acceptors (Lipinski definition) is 4. The minimum atomic E-state index is -4.41. The molecule has 1 aromatic heterocycles. The van der Waals surface area contributed by atoms with Crippen molar-refractivity contribution < 1.29 is 27.4 Å². The smallest absolute Gasteiger partial charge is 0.417 e. The summed E-state index contributed by atoms with van der Waals surface area (Å²) in [6.07, 6.45) is -0.946. The Kier molecular flexibility index (Phi) is 6.61. The summed E-state index contributed by atoms with van der Waals surface area (Å²) in [5.74, 6) is 0.652. The van der Waals surface area contributed by atoms with Gasteiger partial charge in [-0.1, -0.05) is 12.1 Å². The number of nitrogens with one attached hydrogen (secondary N) is 1. The standard InChI is InChI=1S/C21H23F3N2O3/c1-14-3-2-4-18(11-14)28-13-19(27)26-16-6-8-17(9-7-16)29-20-10-5-15(12-25-20)21(22,23)24/h2-5,10-12,16-17H,6-9,13H2,1H3,(H,26,27). The van der Waals surface area contributed by atoms with E-state index >= 15 is 0 Å². The summed E-state index contributed by atoms with van der Waals surface area (Å²) in [5, 5.41) is 2.95. The number of hydrogen-bond donors (Lipinski definition) is 1. The van der Waals surface area contributed by atoms with Crippen molar-refractivity contribution in [1.82, 2.24) is 10.3 Å². The Morgan fingerprint density at radius 3 is 2.55 bits per heavy atom. The van der Waals surface area contributed by atoms with E-state index in [2.05, 4.69) is 10.3 Å². The molecule has 5 nitrogen and oxygen atoms in total. The van der Waals surface area contributed by atoms with E-state index in [1.165, 1.54) is 6.07 Å². The first kappa shape index (κ1) is 21.0. The number of aryl methyl sites for hydroxylation is 1. The Bertz CT molecular complexity index is 817. The van der Waals surface area contributed by atoms with Crippen molar-refractivity contribution in [3.8, 4) is 11.6 Å². The lowest BCUT2D eigenvalue weighted by molar-refractivity contribution is -0.137. The molecule has 8 heteroatoms. The van der Waals surface area contributed by atoms with E-state index in [4.69, 9.17) is 9.47 Å². The fourth-order valence-electron chi connectivity index (χ4n) is 3.24. The van der Waals surface area contributed by atoms with E-state index in [0.29, 0.717) is 18.6 Å². The Morgan fingerprint density at radius 2 is 1.93 bits per heavy atom. The molecule has 1 N–H and O–H groups in total. The molecule has 0 radical (unpaired) electrons. The summed E-state index contributed by atoms with van der Waals surface area (Å²) in [7, 11) is 0. The van der Waals surface area contributed by atoms with Crippen LogP contribution >= 0.6 is 0 Å². The highest BCUT2D eigenvalue weighted by Crippen LogP contribution is 2.30. The van der Waals surface area contributed by atoms with Crippen LogP contribution in [0.3, 0.4) is 0 Å². The van der Waals surface area contributed by atoms with Crippen LogP contribution in [-0.4, -0.2) is 29.6 Å². The number of carbonyl (C=O) groups is 1. The summed E-state index contributed by atoms with van der Waals surface area (Å²) < 4.78 is 48.9. The molecular weight excluding hydrogens is 385 g/mol. The number of pyridine rings is 1. The van der Waals surface area contributed by atoms with E-state index in [-0.39, 0.29) is 30.5 Å². The van der Waals surface area contributed by atoms with Crippen LogP contribution in [0.2, 0.25) is 0 Å². The molecule has 1 fully saturated rings. The van der Waals surface area contributed by atoms with Crippen molar-refractivity contribution in [1.29, 1.82) is 0 Å². The van der Waals surface area contributed by atoms with Crippen LogP contribution in [0.4, 0.5) is 13.2 Å².